The van der Waals surface area contributed by atoms with Crippen LogP contribution in [-0.4, -0.2) is 97.4 Å². The van der Waals surface area contributed by atoms with E-state index in [1.807, 2.05) is 0 Å². The maximum Gasteiger partial charge on any atom is 0.433 e. The van der Waals surface area contributed by atoms with Crippen molar-refractivity contribution in [3.63, 3.8) is 0 Å². The summed E-state index contributed by atoms with van der Waals surface area (Å²) in [5.74, 6) is -0.194. The van der Waals surface area contributed by atoms with Gasteiger partial charge >= 0.3 is 12.4 Å². The average molecular weight is 881 g/mol. The van der Waals surface area contributed by atoms with Gasteiger partial charge in [0.2, 0.25) is 0 Å². The summed E-state index contributed by atoms with van der Waals surface area (Å²) in [5, 5.41) is 16.3. The normalized spacial score (nSPS) is 12.6. The number of halogens is 7. The highest BCUT2D eigenvalue weighted by Crippen LogP contribution is 2.34. The number of rotatable bonds is 8. The number of alkyl halides is 6. The van der Waals surface area contributed by atoms with Crippen LogP contribution in [0.5, 0.6) is 0 Å². The van der Waals surface area contributed by atoms with Crippen molar-refractivity contribution in [2.45, 2.75) is 36.0 Å². The van der Waals surface area contributed by atoms with Gasteiger partial charge < -0.3 is 0 Å². The van der Waals surface area contributed by atoms with Gasteiger partial charge in [-0.05, 0) is 36.4 Å². The quantitative estimate of drug-likeness (QED) is 0.182. The molecule has 0 saturated heterocycles. The third kappa shape index (κ3) is 8.04. The van der Waals surface area contributed by atoms with Crippen LogP contribution in [-0.2, 0) is 32.0 Å². The van der Waals surface area contributed by atoms with Crippen LogP contribution in [0, 0.1) is 0 Å². The van der Waals surface area contributed by atoms with E-state index in [0.717, 1.165) is 33.9 Å². The minimum absolute atomic E-state index is 0.000121. The summed E-state index contributed by atoms with van der Waals surface area (Å²) in [6.45, 7) is 2.93. The fraction of sp³-hybridized carbons (Fsp3) is 0.188. The largest absolute Gasteiger partial charge is 0.433 e. The van der Waals surface area contributed by atoms with Gasteiger partial charge in [0.15, 0.2) is 42.9 Å². The second-order valence-electron chi connectivity index (χ2n) is 12.0. The highest BCUT2D eigenvalue weighted by Gasteiger charge is 2.34. The first kappa shape index (κ1) is 40.8. The molecule has 0 saturated carbocycles. The zero-order valence-electron chi connectivity index (χ0n) is 29.8. The summed E-state index contributed by atoms with van der Waals surface area (Å²) in [5.41, 5.74) is -2.36. The van der Waals surface area contributed by atoms with E-state index in [-0.39, 0.29) is 66.1 Å². The minimum Gasteiger partial charge on any atom is -0.251 e. The van der Waals surface area contributed by atoms with Gasteiger partial charge in [-0.2, -0.15) is 46.7 Å². The Bertz CT molecular complexity index is 3060. The fourth-order valence-corrected chi connectivity index (χ4v) is 7.56. The highest BCUT2D eigenvalue weighted by atomic mass is 35.5. The Kier molecular flexibility index (Phi) is 10.4. The number of fused-ring (bicyclic) bond motifs is 2. The molecule has 8 aromatic rings. The number of pyridine rings is 4. The van der Waals surface area contributed by atoms with Crippen molar-refractivity contribution < 1.29 is 43.2 Å². The van der Waals surface area contributed by atoms with E-state index in [2.05, 4.69) is 50.3 Å². The third-order valence-corrected chi connectivity index (χ3v) is 12.1. The number of hydrogen-bond donors (Lipinski definition) is 0. The molecule has 0 aliphatic carbocycles. The molecule has 18 nitrogen and oxygen atoms in total. The molecule has 306 valence electrons. The summed E-state index contributed by atoms with van der Waals surface area (Å²) in [4.78, 5) is 22.7. The molecule has 0 amide bonds. The molecular weight excluding hydrogens is 858 g/mol. The highest BCUT2D eigenvalue weighted by molar-refractivity contribution is 7.91. The number of nitrogens with zero attached hydrogens (tertiary/aromatic N) is 14. The Balaban J connectivity index is 0.000000179. The number of aromatic nitrogens is 14. The molecule has 0 aromatic carbocycles. The fourth-order valence-electron chi connectivity index (χ4n) is 5.30. The molecule has 0 aliphatic heterocycles. The Morgan fingerprint density at radius 1 is 0.661 bits per heavy atom. The van der Waals surface area contributed by atoms with Gasteiger partial charge in [0.1, 0.15) is 51.6 Å². The lowest BCUT2D eigenvalue weighted by Gasteiger charge is -2.11. The first-order chi connectivity index (χ1) is 27.8. The molecule has 0 atom stereocenters. The van der Waals surface area contributed by atoms with E-state index in [0.29, 0.717) is 5.39 Å². The van der Waals surface area contributed by atoms with Crippen LogP contribution in [0.15, 0.2) is 90.1 Å². The van der Waals surface area contributed by atoms with Crippen molar-refractivity contribution >= 4 is 53.1 Å². The minimum atomic E-state index is -4.67. The van der Waals surface area contributed by atoms with Gasteiger partial charge in [0.25, 0.3) is 0 Å². The number of sulfone groups is 2. The molecule has 0 bridgehead atoms. The average Bonchev–Trinajstić information content (AvgIpc) is 4.04. The van der Waals surface area contributed by atoms with Crippen LogP contribution in [0.3, 0.4) is 0 Å². The standard InChI is InChI=1S/C16H11ClF3N7O2S.C16H12F3N7O2S/c1-2-30(28,29)11-3-4-13(26-8-21-7-23-26)24-15(11)27-14(17)9-6-22-12(16(18,19)20)5-10(9)25-27;1-2-29(27,28)12-3-4-14(26-9-20-8-22-26)23-15(12)25-7-10-6-21-13(16(17,18)19)5-11(10)24-25/h3-8H,2H2,1H3;3-9H,2H2,1H3. The van der Waals surface area contributed by atoms with Crippen LogP contribution in [0.4, 0.5) is 26.3 Å². The van der Waals surface area contributed by atoms with Crippen molar-refractivity contribution in [2.24, 2.45) is 0 Å². The van der Waals surface area contributed by atoms with E-state index in [1.54, 1.807) is 0 Å². The van der Waals surface area contributed by atoms with E-state index < -0.39 is 43.4 Å². The van der Waals surface area contributed by atoms with Gasteiger partial charge in [0, 0.05) is 24.0 Å². The Morgan fingerprint density at radius 2 is 1.17 bits per heavy atom. The Morgan fingerprint density at radius 3 is 1.68 bits per heavy atom. The van der Waals surface area contributed by atoms with Gasteiger partial charge in [0.05, 0.1) is 27.9 Å². The summed E-state index contributed by atoms with van der Waals surface area (Å²) in [6.07, 6.45) is -0.713. The van der Waals surface area contributed by atoms with Crippen LogP contribution in [0.25, 0.3) is 45.1 Å². The summed E-state index contributed by atoms with van der Waals surface area (Å²) < 4.78 is 133. The summed E-state index contributed by atoms with van der Waals surface area (Å²) in [7, 11) is -7.47. The molecule has 0 unspecified atom stereocenters. The maximum atomic E-state index is 13.0. The lowest BCUT2D eigenvalue weighted by Crippen LogP contribution is -2.13. The SMILES string of the molecule is CCS(=O)(=O)c1ccc(-n2cncn2)nc1-n1cc2cnc(C(F)(F)F)cc2n1.CCS(=O)(=O)c1ccc(-n2cncn2)nc1-n1nc2cc(C(F)(F)F)ncc2c1Cl. The smallest absolute Gasteiger partial charge is 0.251 e. The van der Waals surface area contributed by atoms with Crippen LogP contribution in [0.2, 0.25) is 5.15 Å². The van der Waals surface area contributed by atoms with Gasteiger partial charge in [-0.15, -0.1) is 0 Å². The molecule has 27 heteroatoms. The van der Waals surface area contributed by atoms with Crippen LogP contribution in [0.1, 0.15) is 25.2 Å². The third-order valence-electron chi connectivity index (χ3n) is 8.27. The second kappa shape index (κ2) is 15.1. The summed E-state index contributed by atoms with van der Waals surface area (Å²) >= 11 is 6.31. The topological polar surface area (TPSA) is 217 Å². The molecule has 8 aromatic heterocycles. The molecule has 59 heavy (non-hydrogen) atoms. The van der Waals surface area contributed by atoms with Crippen LogP contribution >= 0.6 is 11.6 Å². The lowest BCUT2D eigenvalue weighted by molar-refractivity contribution is -0.141. The van der Waals surface area contributed by atoms with E-state index >= 15 is 0 Å². The molecule has 0 N–H and O–H groups in total. The zero-order valence-corrected chi connectivity index (χ0v) is 32.2. The first-order valence-electron chi connectivity index (χ1n) is 16.5. The monoisotopic (exact) mass is 880 g/mol. The molecular formula is C32H23ClF6N14O4S2. The molecule has 0 radical (unpaired) electrons. The Labute approximate surface area is 332 Å². The van der Waals surface area contributed by atoms with E-state index in [9.17, 15) is 43.2 Å². The lowest BCUT2D eigenvalue weighted by atomic mass is 10.3. The van der Waals surface area contributed by atoms with E-state index in [1.165, 1.54) is 79.0 Å². The van der Waals surface area contributed by atoms with Crippen molar-refractivity contribution in [3.05, 3.63) is 96.8 Å². The molecule has 8 rings (SSSR count). The van der Waals surface area contributed by atoms with Crippen molar-refractivity contribution in [3.8, 4) is 23.3 Å². The van der Waals surface area contributed by atoms with E-state index in [4.69, 9.17) is 11.6 Å². The van der Waals surface area contributed by atoms with Gasteiger partial charge in [-0.25, -0.2) is 55.5 Å². The number of hydrogen-bond acceptors (Lipinski definition) is 14. The Hall–Kier alpha value is -6.41. The first-order valence-corrected chi connectivity index (χ1v) is 20.2. The summed E-state index contributed by atoms with van der Waals surface area (Å²) in [6, 6.07) is 7.05. The van der Waals surface area contributed by atoms with Crippen molar-refractivity contribution in [2.75, 3.05) is 11.5 Å². The molecule has 0 spiro atoms. The van der Waals surface area contributed by atoms with Crippen molar-refractivity contribution in [1.29, 1.82) is 0 Å². The van der Waals surface area contributed by atoms with Gasteiger partial charge in [-0.3, -0.25) is 9.97 Å². The molecule has 0 aliphatic rings. The zero-order chi connectivity index (χ0) is 42.5. The van der Waals surface area contributed by atoms with Crippen LogP contribution < -0.4 is 0 Å². The maximum absolute atomic E-state index is 13.0. The predicted molar refractivity (Wildman–Crippen MR) is 194 cm³/mol. The van der Waals surface area contributed by atoms with Gasteiger partial charge in [-0.1, -0.05) is 25.4 Å². The molecule has 8 heterocycles. The van der Waals surface area contributed by atoms with Crippen molar-refractivity contribution in [1.82, 2.24) is 69.0 Å². The molecule has 0 fully saturated rings. The second-order valence-corrected chi connectivity index (χ2v) is 16.8. The predicted octanol–water partition coefficient (Wildman–Crippen LogP) is 5.07.